The molecule has 0 saturated heterocycles. The highest BCUT2D eigenvalue weighted by molar-refractivity contribution is 5.94. The highest BCUT2D eigenvalue weighted by Gasteiger charge is 2.22. The number of aromatic nitrogens is 3. The Balaban J connectivity index is 1.41. The van der Waals surface area contributed by atoms with Crippen LogP contribution in [0.5, 0.6) is 0 Å². The third kappa shape index (κ3) is 2.19. The van der Waals surface area contributed by atoms with E-state index in [1.54, 1.807) is 0 Å². The van der Waals surface area contributed by atoms with Crippen LogP contribution in [-0.2, 0) is 19.4 Å². The predicted molar refractivity (Wildman–Crippen MR) is 84.9 cm³/mol. The maximum absolute atomic E-state index is 12.3. The van der Waals surface area contributed by atoms with Gasteiger partial charge in [-0.3, -0.25) is 9.89 Å². The first-order chi connectivity index (χ1) is 10.8. The van der Waals surface area contributed by atoms with Gasteiger partial charge in [0.25, 0.3) is 5.91 Å². The summed E-state index contributed by atoms with van der Waals surface area (Å²) in [6.45, 7) is 1.35. The third-order valence-corrected chi connectivity index (χ3v) is 4.34. The average molecular weight is 294 g/mol. The summed E-state index contributed by atoms with van der Waals surface area (Å²) in [6.07, 6.45) is 5.13. The molecule has 1 aliphatic rings. The van der Waals surface area contributed by atoms with Gasteiger partial charge >= 0.3 is 0 Å². The lowest BCUT2D eigenvalue weighted by Gasteiger charge is -2.07. The van der Waals surface area contributed by atoms with Gasteiger partial charge in [0.15, 0.2) is 5.69 Å². The van der Waals surface area contributed by atoms with Gasteiger partial charge in [0.05, 0.1) is 0 Å². The number of aromatic amines is 1. The minimum absolute atomic E-state index is 0.0733. The molecule has 2 N–H and O–H groups in total. The molecule has 1 amide bonds. The van der Waals surface area contributed by atoms with Crippen LogP contribution in [0.3, 0.4) is 0 Å². The van der Waals surface area contributed by atoms with Crippen LogP contribution in [0.2, 0.25) is 0 Å². The number of aryl methyl sites for hydroxylation is 1. The van der Waals surface area contributed by atoms with E-state index in [4.69, 9.17) is 0 Å². The van der Waals surface area contributed by atoms with Crippen molar-refractivity contribution in [2.45, 2.75) is 25.8 Å². The predicted octanol–water partition coefficient (Wildman–Crippen LogP) is 2.28. The molecule has 3 aromatic rings. The number of carbonyl (C=O) groups is 1. The summed E-state index contributed by atoms with van der Waals surface area (Å²) in [6, 6.07) is 10.4. The lowest BCUT2D eigenvalue weighted by Crippen LogP contribution is -2.28. The Morgan fingerprint density at radius 2 is 2.18 bits per heavy atom. The third-order valence-electron chi connectivity index (χ3n) is 4.34. The number of benzene rings is 1. The molecular formula is C17H18N4O. The van der Waals surface area contributed by atoms with Gasteiger partial charge in [-0.15, -0.1) is 0 Å². The van der Waals surface area contributed by atoms with E-state index in [-0.39, 0.29) is 5.91 Å². The van der Waals surface area contributed by atoms with Crippen LogP contribution >= 0.6 is 0 Å². The number of fused-ring (bicyclic) bond motifs is 2. The number of amides is 1. The largest absolute Gasteiger partial charge is 0.349 e. The van der Waals surface area contributed by atoms with Crippen LogP contribution < -0.4 is 5.32 Å². The van der Waals surface area contributed by atoms with Crippen LogP contribution in [0.4, 0.5) is 0 Å². The van der Waals surface area contributed by atoms with E-state index in [2.05, 4.69) is 44.5 Å². The van der Waals surface area contributed by atoms with Gasteiger partial charge < -0.3 is 9.88 Å². The Kier molecular flexibility index (Phi) is 3.18. The molecule has 1 aromatic carbocycles. The standard InChI is InChI=1S/C17H18N4O/c22-17(16-13-5-3-6-14(13)19-20-16)18-9-11-21-10-8-12-4-1-2-7-15(12)21/h1-2,4,7-8,10H,3,5-6,9,11H2,(H,18,22)(H,19,20). The maximum atomic E-state index is 12.3. The quantitative estimate of drug-likeness (QED) is 0.775. The van der Waals surface area contributed by atoms with Gasteiger partial charge in [-0.05, 0) is 36.8 Å². The zero-order valence-corrected chi connectivity index (χ0v) is 12.3. The monoisotopic (exact) mass is 294 g/mol. The number of para-hydroxylation sites is 1. The van der Waals surface area contributed by atoms with Gasteiger partial charge in [0, 0.05) is 36.1 Å². The second-order valence-electron chi connectivity index (χ2n) is 5.71. The van der Waals surface area contributed by atoms with Crippen molar-refractivity contribution in [3.8, 4) is 0 Å². The summed E-state index contributed by atoms with van der Waals surface area (Å²) >= 11 is 0. The molecule has 1 aliphatic carbocycles. The second-order valence-corrected chi connectivity index (χ2v) is 5.71. The molecule has 0 atom stereocenters. The highest BCUT2D eigenvalue weighted by atomic mass is 16.1. The molecule has 0 radical (unpaired) electrons. The summed E-state index contributed by atoms with van der Waals surface area (Å²) in [4.78, 5) is 12.3. The van der Waals surface area contributed by atoms with Crippen molar-refractivity contribution >= 4 is 16.8 Å². The second kappa shape index (κ2) is 5.33. The summed E-state index contributed by atoms with van der Waals surface area (Å²) in [5.41, 5.74) is 3.99. The van der Waals surface area contributed by atoms with Crippen molar-refractivity contribution in [1.82, 2.24) is 20.1 Å². The summed E-state index contributed by atoms with van der Waals surface area (Å²) in [5.74, 6) is -0.0733. The number of nitrogens with one attached hydrogen (secondary N) is 2. The Morgan fingerprint density at radius 1 is 1.27 bits per heavy atom. The van der Waals surface area contributed by atoms with E-state index in [0.29, 0.717) is 12.2 Å². The highest BCUT2D eigenvalue weighted by Crippen LogP contribution is 2.22. The molecule has 0 unspecified atom stereocenters. The smallest absolute Gasteiger partial charge is 0.272 e. The van der Waals surface area contributed by atoms with Gasteiger partial charge in [-0.25, -0.2) is 0 Å². The topological polar surface area (TPSA) is 62.7 Å². The minimum Gasteiger partial charge on any atom is -0.349 e. The normalized spacial score (nSPS) is 13.5. The Labute approximate surface area is 128 Å². The SMILES string of the molecule is O=C(NCCn1ccc2ccccc21)c1n[nH]c2c1CCC2. The number of H-pyrrole nitrogens is 1. The number of carbonyl (C=O) groups excluding carboxylic acids is 1. The van der Waals surface area contributed by atoms with Crippen LogP contribution in [-0.4, -0.2) is 27.2 Å². The minimum atomic E-state index is -0.0733. The molecule has 0 bridgehead atoms. The molecule has 0 saturated carbocycles. The number of hydrogen-bond acceptors (Lipinski definition) is 2. The first-order valence-corrected chi connectivity index (χ1v) is 7.71. The molecule has 2 aromatic heterocycles. The Bertz CT molecular complexity index is 830. The van der Waals surface area contributed by atoms with Gasteiger partial charge in [0.1, 0.15) is 0 Å². The van der Waals surface area contributed by atoms with Crippen molar-refractivity contribution in [1.29, 1.82) is 0 Å². The van der Waals surface area contributed by atoms with Crippen LogP contribution in [0, 0.1) is 0 Å². The molecule has 0 fully saturated rings. The van der Waals surface area contributed by atoms with Crippen LogP contribution in [0.25, 0.3) is 10.9 Å². The average Bonchev–Trinajstić information content (AvgIpc) is 3.22. The zero-order valence-electron chi connectivity index (χ0n) is 12.3. The fraction of sp³-hybridized carbons (Fsp3) is 0.294. The number of nitrogens with zero attached hydrogens (tertiary/aromatic N) is 2. The van der Waals surface area contributed by atoms with E-state index in [0.717, 1.165) is 37.1 Å². The number of hydrogen-bond donors (Lipinski definition) is 2. The van der Waals surface area contributed by atoms with Crippen molar-refractivity contribution < 1.29 is 4.79 Å². The first-order valence-electron chi connectivity index (χ1n) is 7.71. The van der Waals surface area contributed by atoms with Crippen LogP contribution in [0.1, 0.15) is 28.2 Å². The van der Waals surface area contributed by atoms with Crippen molar-refractivity contribution in [2.75, 3.05) is 6.54 Å². The van der Waals surface area contributed by atoms with E-state index >= 15 is 0 Å². The lowest BCUT2D eigenvalue weighted by atomic mass is 10.2. The van der Waals surface area contributed by atoms with E-state index in [9.17, 15) is 4.79 Å². The number of rotatable bonds is 4. The summed E-state index contributed by atoms with van der Waals surface area (Å²) in [5, 5.41) is 11.3. The van der Waals surface area contributed by atoms with E-state index in [1.807, 2.05) is 12.1 Å². The molecular weight excluding hydrogens is 276 g/mol. The van der Waals surface area contributed by atoms with E-state index < -0.39 is 0 Å². The maximum Gasteiger partial charge on any atom is 0.272 e. The summed E-state index contributed by atoms with van der Waals surface area (Å²) in [7, 11) is 0. The van der Waals surface area contributed by atoms with E-state index in [1.165, 1.54) is 10.9 Å². The molecule has 112 valence electrons. The van der Waals surface area contributed by atoms with Gasteiger partial charge in [-0.1, -0.05) is 18.2 Å². The fourth-order valence-corrected chi connectivity index (χ4v) is 3.22. The lowest BCUT2D eigenvalue weighted by molar-refractivity contribution is 0.0946. The van der Waals surface area contributed by atoms with Crippen molar-refractivity contribution in [3.63, 3.8) is 0 Å². The van der Waals surface area contributed by atoms with Gasteiger partial charge in [0.2, 0.25) is 0 Å². The van der Waals surface area contributed by atoms with Crippen molar-refractivity contribution in [3.05, 3.63) is 53.5 Å². The first kappa shape index (κ1) is 13.1. The summed E-state index contributed by atoms with van der Waals surface area (Å²) < 4.78 is 2.16. The fourth-order valence-electron chi connectivity index (χ4n) is 3.22. The Hall–Kier alpha value is -2.56. The van der Waals surface area contributed by atoms with Crippen molar-refractivity contribution in [2.24, 2.45) is 0 Å². The van der Waals surface area contributed by atoms with Gasteiger partial charge in [-0.2, -0.15) is 5.10 Å². The molecule has 5 nitrogen and oxygen atoms in total. The molecule has 0 aliphatic heterocycles. The molecule has 4 rings (SSSR count). The van der Waals surface area contributed by atoms with Crippen LogP contribution in [0.15, 0.2) is 36.5 Å². The molecule has 5 heteroatoms. The Morgan fingerprint density at radius 3 is 3.14 bits per heavy atom. The molecule has 22 heavy (non-hydrogen) atoms. The molecule has 0 spiro atoms. The molecule has 2 heterocycles. The zero-order chi connectivity index (χ0) is 14.9.